The fraction of sp³-hybridized carbons (Fsp3) is 0.481. The maximum absolute atomic E-state index is 12.9. The van der Waals surface area contributed by atoms with Crippen molar-refractivity contribution in [2.45, 2.75) is 73.1 Å². The summed E-state index contributed by atoms with van der Waals surface area (Å²) in [6.07, 6.45) is 5.03. The normalized spacial score (nSPS) is 11.2. The minimum absolute atomic E-state index is 0.00565. The minimum atomic E-state index is -0.537. The van der Waals surface area contributed by atoms with Crippen molar-refractivity contribution in [3.8, 4) is 5.75 Å². The lowest BCUT2D eigenvalue weighted by Crippen LogP contribution is -2.31. The van der Waals surface area contributed by atoms with E-state index in [1.807, 2.05) is 52.0 Å². The molecule has 0 unspecified atom stereocenters. The van der Waals surface area contributed by atoms with Crippen LogP contribution in [-0.2, 0) is 9.59 Å². The van der Waals surface area contributed by atoms with Gasteiger partial charge >= 0.3 is 0 Å². The van der Waals surface area contributed by atoms with Crippen molar-refractivity contribution >= 4 is 23.2 Å². The molecule has 5 heteroatoms. The highest BCUT2D eigenvalue weighted by atomic mass is 16.5. The van der Waals surface area contributed by atoms with Crippen LogP contribution in [0, 0.1) is 19.3 Å². The van der Waals surface area contributed by atoms with Gasteiger partial charge in [-0.3, -0.25) is 9.59 Å². The van der Waals surface area contributed by atoms with Crippen LogP contribution in [0.25, 0.3) is 0 Å². The molecule has 0 radical (unpaired) electrons. The van der Waals surface area contributed by atoms with E-state index in [2.05, 4.69) is 29.7 Å². The summed E-state index contributed by atoms with van der Waals surface area (Å²) in [5.41, 5.74) is 3.13. The molecule has 2 N–H and O–H groups in total. The molecule has 0 spiro atoms. The Balaban J connectivity index is 1.83. The van der Waals surface area contributed by atoms with Crippen LogP contribution in [0.5, 0.6) is 5.75 Å². The molecule has 0 bridgehead atoms. The third kappa shape index (κ3) is 8.37. The second-order valence-electron chi connectivity index (χ2n) is 9.15. The van der Waals surface area contributed by atoms with Gasteiger partial charge in [0.25, 0.3) is 0 Å². The van der Waals surface area contributed by atoms with E-state index in [4.69, 9.17) is 4.74 Å². The first-order valence-electron chi connectivity index (χ1n) is 11.6. The Hall–Kier alpha value is -2.82. The molecule has 2 aromatic rings. The third-order valence-electron chi connectivity index (χ3n) is 5.57. The van der Waals surface area contributed by atoms with E-state index in [9.17, 15) is 9.59 Å². The van der Waals surface area contributed by atoms with E-state index in [1.54, 1.807) is 6.07 Å². The zero-order valence-electron chi connectivity index (χ0n) is 20.2. The molecule has 0 saturated carbocycles. The zero-order valence-corrected chi connectivity index (χ0v) is 20.2. The van der Waals surface area contributed by atoms with E-state index in [1.165, 1.54) is 5.56 Å². The number of ether oxygens (including phenoxy) is 1. The molecule has 5 nitrogen and oxygen atoms in total. The standard InChI is InChI=1S/C27H38N2O3/c1-6-7-8-13-25(30)28-22-11-9-12-23(19-22)29-26(31)27(4,5)16-10-17-32-24-18-20(2)14-15-21(24)3/h9,11-12,14-15,18-19H,6-8,10,13,16-17H2,1-5H3,(H,28,30)(H,29,31). The number of carbonyl (C=O) groups is 2. The van der Waals surface area contributed by atoms with Crippen LogP contribution in [-0.4, -0.2) is 18.4 Å². The summed E-state index contributed by atoms with van der Waals surface area (Å²) >= 11 is 0. The molecular formula is C27H38N2O3. The van der Waals surface area contributed by atoms with Gasteiger partial charge in [0, 0.05) is 23.2 Å². The number of rotatable bonds is 12. The van der Waals surface area contributed by atoms with E-state index >= 15 is 0 Å². The third-order valence-corrected chi connectivity index (χ3v) is 5.57. The number of hydrogen-bond donors (Lipinski definition) is 2. The topological polar surface area (TPSA) is 67.4 Å². The number of carbonyl (C=O) groups excluding carboxylic acids is 2. The molecule has 0 saturated heterocycles. The summed E-state index contributed by atoms with van der Waals surface area (Å²) in [5.74, 6) is 0.863. The van der Waals surface area contributed by atoms with Crippen molar-refractivity contribution in [3.05, 3.63) is 53.6 Å². The predicted octanol–water partition coefficient (Wildman–Crippen LogP) is 6.65. The first kappa shape index (κ1) is 25.4. The molecule has 0 fully saturated rings. The van der Waals surface area contributed by atoms with Crippen LogP contribution in [0.15, 0.2) is 42.5 Å². The molecule has 0 heterocycles. The second-order valence-corrected chi connectivity index (χ2v) is 9.15. The Morgan fingerprint density at radius 1 is 0.938 bits per heavy atom. The van der Waals surface area contributed by atoms with E-state index < -0.39 is 5.41 Å². The van der Waals surface area contributed by atoms with Gasteiger partial charge in [-0.25, -0.2) is 0 Å². The summed E-state index contributed by atoms with van der Waals surface area (Å²) < 4.78 is 5.93. The van der Waals surface area contributed by atoms with Crippen molar-refractivity contribution in [1.82, 2.24) is 0 Å². The highest BCUT2D eigenvalue weighted by Crippen LogP contribution is 2.26. The van der Waals surface area contributed by atoms with Crippen LogP contribution < -0.4 is 15.4 Å². The van der Waals surface area contributed by atoms with Crippen molar-refractivity contribution < 1.29 is 14.3 Å². The highest BCUT2D eigenvalue weighted by molar-refractivity contribution is 5.96. The number of benzene rings is 2. The quantitative estimate of drug-likeness (QED) is 0.365. The Bertz CT molecular complexity index is 906. The van der Waals surface area contributed by atoms with Gasteiger partial charge in [0.1, 0.15) is 5.75 Å². The molecule has 32 heavy (non-hydrogen) atoms. The van der Waals surface area contributed by atoms with Crippen LogP contribution >= 0.6 is 0 Å². The van der Waals surface area contributed by atoms with Crippen molar-refractivity contribution in [1.29, 1.82) is 0 Å². The predicted molar refractivity (Wildman–Crippen MR) is 132 cm³/mol. The minimum Gasteiger partial charge on any atom is -0.493 e. The van der Waals surface area contributed by atoms with Crippen molar-refractivity contribution in [3.63, 3.8) is 0 Å². The molecule has 2 aromatic carbocycles. The Morgan fingerprint density at radius 2 is 1.66 bits per heavy atom. The molecule has 2 rings (SSSR count). The van der Waals surface area contributed by atoms with E-state index in [0.29, 0.717) is 30.8 Å². The van der Waals surface area contributed by atoms with Crippen molar-refractivity contribution in [2.75, 3.05) is 17.2 Å². The van der Waals surface area contributed by atoms with Gasteiger partial charge in [0.05, 0.1) is 6.61 Å². The number of hydrogen-bond acceptors (Lipinski definition) is 3. The summed E-state index contributed by atoms with van der Waals surface area (Å²) in [4.78, 5) is 24.9. The number of anilines is 2. The number of amides is 2. The smallest absolute Gasteiger partial charge is 0.230 e. The number of nitrogens with one attached hydrogen (secondary N) is 2. The maximum Gasteiger partial charge on any atom is 0.230 e. The SMILES string of the molecule is CCCCCC(=O)Nc1cccc(NC(=O)C(C)(C)CCCOc2cc(C)ccc2C)c1. The maximum atomic E-state index is 12.9. The summed E-state index contributed by atoms with van der Waals surface area (Å²) in [6.45, 7) is 10.7. The monoisotopic (exact) mass is 438 g/mol. The zero-order chi connectivity index (χ0) is 23.6. The van der Waals surface area contributed by atoms with Crippen LogP contribution in [0.2, 0.25) is 0 Å². The van der Waals surface area contributed by atoms with Gasteiger partial charge in [0.15, 0.2) is 0 Å². The molecule has 0 aliphatic carbocycles. The summed E-state index contributed by atoms with van der Waals surface area (Å²) in [7, 11) is 0. The largest absolute Gasteiger partial charge is 0.493 e. The lowest BCUT2D eigenvalue weighted by Gasteiger charge is -2.24. The van der Waals surface area contributed by atoms with Gasteiger partial charge in [-0.1, -0.05) is 51.8 Å². The number of unbranched alkanes of at least 4 members (excludes halogenated alkanes) is 2. The lowest BCUT2D eigenvalue weighted by atomic mass is 9.87. The van der Waals surface area contributed by atoms with Crippen LogP contribution in [0.1, 0.15) is 70.4 Å². The highest BCUT2D eigenvalue weighted by Gasteiger charge is 2.27. The molecular weight excluding hydrogens is 400 g/mol. The van der Waals surface area contributed by atoms with E-state index in [-0.39, 0.29) is 11.8 Å². The summed E-state index contributed by atoms with van der Waals surface area (Å²) in [5, 5.41) is 5.90. The van der Waals surface area contributed by atoms with Gasteiger partial charge in [-0.15, -0.1) is 0 Å². The molecule has 174 valence electrons. The second kappa shape index (κ2) is 12.3. The molecule has 0 aliphatic rings. The van der Waals surface area contributed by atoms with Gasteiger partial charge in [-0.2, -0.15) is 0 Å². The van der Waals surface area contributed by atoms with E-state index in [0.717, 1.165) is 37.0 Å². The van der Waals surface area contributed by atoms with Gasteiger partial charge in [-0.05, 0) is 68.5 Å². The Morgan fingerprint density at radius 3 is 2.38 bits per heavy atom. The van der Waals surface area contributed by atoms with Gasteiger partial charge in [0.2, 0.25) is 11.8 Å². The Labute approximate surface area is 192 Å². The molecule has 0 aromatic heterocycles. The Kier molecular flexibility index (Phi) is 9.76. The average Bonchev–Trinajstić information content (AvgIpc) is 2.74. The first-order chi connectivity index (χ1) is 15.2. The molecule has 0 aliphatic heterocycles. The lowest BCUT2D eigenvalue weighted by molar-refractivity contribution is -0.124. The average molecular weight is 439 g/mol. The van der Waals surface area contributed by atoms with Gasteiger partial charge < -0.3 is 15.4 Å². The van der Waals surface area contributed by atoms with Crippen molar-refractivity contribution in [2.24, 2.45) is 5.41 Å². The fourth-order valence-electron chi connectivity index (χ4n) is 3.41. The van der Waals surface area contributed by atoms with Crippen LogP contribution in [0.3, 0.4) is 0 Å². The first-order valence-corrected chi connectivity index (χ1v) is 11.6. The molecule has 0 atom stereocenters. The number of aryl methyl sites for hydroxylation is 2. The molecule has 2 amide bonds. The van der Waals surface area contributed by atoms with Crippen LogP contribution in [0.4, 0.5) is 11.4 Å². The fourth-order valence-corrected chi connectivity index (χ4v) is 3.41. The summed E-state index contributed by atoms with van der Waals surface area (Å²) in [6, 6.07) is 13.5.